The van der Waals surface area contributed by atoms with Crippen LogP contribution in [0.1, 0.15) is 58.3 Å². The van der Waals surface area contributed by atoms with Crippen LogP contribution in [0.2, 0.25) is 0 Å². The maximum atomic E-state index is 11.8. The lowest BCUT2D eigenvalue weighted by atomic mass is 9.72. The predicted molar refractivity (Wildman–Crippen MR) is 90.0 cm³/mol. The molecule has 0 atom stereocenters. The van der Waals surface area contributed by atoms with Gasteiger partial charge in [-0.15, -0.1) is 0 Å². The van der Waals surface area contributed by atoms with Gasteiger partial charge in [-0.3, -0.25) is 10.1 Å². The van der Waals surface area contributed by atoms with Gasteiger partial charge in [-0.1, -0.05) is 24.4 Å². The van der Waals surface area contributed by atoms with Crippen LogP contribution in [0.3, 0.4) is 0 Å². The molecule has 2 aliphatic carbocycles. The fraction of sp³-hybridized carbons (Fsp3) is 0.824. The molecular formula is C17H28N2O6. The van der Waals surface area contributed by atoms with Crippen LogP contribution >= 0.6 is 0 Å². The summed E-state index contributed by atoms with van der Waals surface area (Å²) in [6, 6.07) is 0. The lowest BCUT2D eigenvalue weighted by Crippen LogP contribution is -2.39. The Hall–Kier alpha value is -1.67. The second-order valence-electron chi connectivity index (χ2n) is 7.09. The van der Waals surface area contributed by atoms with Gasteiger partial charge in [0.15, 0.2) is 5.71 Å². The van der Waals surface area contributed by atoms with Crippen LogP contribution in [0.15, 0.2) is 5.16 Å². The highest BCUT2D eigenvalue weighted by molar-refractivity contribution is 6.35. The summed E-state index contributed by atoms with van der Waals surface area (Å²) in [7, 11) is 0. The largest absolute Gasteiger partial charge is 0.461 e. The number of ether oxygens (including phenoxy) is 1. The molecule has 0 unspecified atom stereocenters. The van der Waals surface area contributed by atoms with Crippen molar-refractivity contribution in [3.8, 4) is 0 Å². The molecule has 0 bridgehead atoms. The highest BCUT2D eigenvalue weighted by atomic mass is 17.1. The monoisotopic (exact) mass is 356 g/mol. The Kier molecular flexibility index (Phi) is 7.64. The van der Waals surface area contributed by atoms with E-state index in [1.165, 1.54) is 13.3 Å². The van der Waals surface area contributed by atoms with E-state index in [2.05, 4.69) is 15.4 Å². The molecule has 0 aromatic rings. The van der Waals surface area contributed by atoms with Gasteiger partial charge in [-0.2, -0.15) is 0 Å². The third kappa shape index (κ3) is 6.99. The molecular weight excluding hydrogens is 328 g/mol. The average Bonchev–Trinajstić information content (AvgIpc) is 3.46. The molecule has 2 rings (SSSR count). The molecule has 25 heavy (non-hydrogen) atoms. The van der Waals surface area contributed by atoms with Crippen LogP contribution in [0, 0.1) is 11.3 Å². The fourth-order valence-corrected chi connectivity index (χ4v) is 3.10. The van der Waals surface area contributed by atoms with Crippen LogP contribution in [0.4, 0.5) is 4.79 Å². The van der Waals surface area contributed by atoms with E-state index < -0.39 is 12.1 Å². The van der Waals surface area contributed by atoms with Crippen LogP contribution in [-0.2, 0) is 19.3 Å². The second kappa shape index (κ2) is 9.72. The second-order valence-corrected chi connectivity index (χ2v) is 7.09. The van der Waals surface area contributed by atoms with Crippen LogP contribution in [-0.4, -0.2) is 42.8 Å². The summed E-state index contributed by atoms with van der Waals surface area (Å²) in [5.74, 6) is -0.0981. The Labute approximate surface area is 147 Å². The minimum atomic E-state index is -0.704. The van der Waals surface area contributed by atoms with Crippen molar-refractivity contribution in [2.75, 3.05) is 19.8 Å². The van der Waals surface area contributed by atoms with Crippen molar-refractivity contribution in [1.29, 1.82) is 0 Å². The zero-order valence-corrected chi connectivity index (χ0v) is 14.8. The van der Waals surface area contributed by atoms with Gasteiger partial charge < -0.3 is 10.1 Å². The molecule has 2 saturated carbocycles. The lowest BCUT2D eigenvalue weighted by Gasteiger charge is -2.36. The highest BCUT2D eigenvalue weighted by Crippen LogP contribution is 2.38. The first-order valence-corrected chi connectivity index (χ1v) is 8.98. The zero-order valence-electron chi connectivity index (χ0n) is 14.8. The number of carbonyl (C=O) groups is 2. The first kappa shape index (κ1) is 19.7. The molecule has 0 aromatic carbocycles. The summed E-state index contributed by atoms with van der Waals surface area (Å²) in [6.45, 7) is 2.51. The minimum Gasteiger partial charge on any atom is -0.461 e. The Morgan fingerprint density at radius 1 is 1.24 bits per heavy atom. The number of hydrogen-bond donors (Lipinski definition) is 2. The zero-order chi connectivity index (χ0) is 18.1. The minimum absolute atomic E-state index is 0.0110. The normalized spacial score (nSPS) is 20.0. The molecule has 0 aliphatic heterocycles. The van der Waals surface area contributed by atoms with Crippen LogP contribution < -0.4 is 5.32 Å². The van der Waals surface area contributed by atoms with E-state index in [1.54, 1.807) is 0 Å². The Bertz CT molecular complexity index is 484. The SMILES string of the molecule is CC(=NOC(=O)NCC1(CCOO)CCCCC1)C(=O)OCC1CC1. The van der Waals surface area contributed by atoms with Crippen molar-refractivity contribution in [3.63, 3.8) is 0 Å². The molecule has 0 aromatic heterocycles. The molecule has 1 amide bonds. The van der Waals surface area contributed by atoms with Crippen molar-refractivity contribution in [2.45, 2.75) is 58.3 Å². The van der Waals surface area contributed by atoms with Crippen molar-refractivity contribution < 1.29 is 29.3 Å². The van der Waals surface area contributed by atoms with Gasteiger partial charge in [0.05, 0.1) is 13.2 Å². The van der Waals surface area contributed by atoms with Gasteiger partial charge in [0.1, 0.15) is 0 Å². The number of oxime groups is 1. The van der Waals surface area contributed by atoms with Gasteiger partial charge in [0.25, 0.3) is 0 Å². The van der Waals surface area contributed by atoms with Crippen LogP contribution in [0.25, 0.3) is 0 Å². The molecule has 0 radical (unpaired) electrons. The third-order valence-corrected chi connectivity index (χ3v) is 4.95. The van der Waals surface area contributed by atoms with Crippen LogP contribution in [0.5, 0.6) is 0 Å². The number of hydrogen-bond acceptors (Lipinski definition) is 7. The Balaban J connectivity index is 1.73. The Morgan fingerprint density at radius 2 is 1.96 bits per heavy atom. The molecule has 142 valence electrons. The summed E-state index contributed by atoms with van der Waals surface area (Å²) < 4.78 is 5.06. The summed E-state index contributed by atoms with van der Waals surface area (Å²) in [6.07, 6.45) is 7.43. The summed E-state index contributed by atoms with van der Waals surface area (Å²) in [5, 5.41) is 14.8. The van der Waals surface area contributed by atoms with E-state index in [0.29, 0.717) is 25.5 Å². The third-order valence-electron chi connectivity index (χ3n) is 4.95. The number of esters is 1. The lowest BCUT2D eigenvalue weighted by molar-refractivity contribution is -0.247. The molecule has 2 fully saturated rings. The average molecular weight is 356 g/mol. The molecule has 2 aliphatic rings. The maximum Gasteiger partial charge on any atom is 0.433 e. The van der Waals surface area contributed by atoms with Crippen molar-refractivity contribution in [1.82, 2.24) is 5.32 Å². The van der Waals surface area contributed by atoms with Gasteiger partial charge >= 0.3 is 12.1 Å². The highest BCUT2D eigenvalue weighted by Gasteiger charge is 2.32. The Morgan fingerprint density at radius 3 is 2.60 bits per heavy atom. The molecule has 2 N–H and O–H groups in total. The fourth-order valence-electron chi connectivity index (χ4n) is 3.10. The smallest absolute Gasteiger partial charge is 0.433 e. The molecule has 0 saturated heterocycles. The van der Waals surface area contributed by atoms with Crippen molar-refractivity contribution >= 4 is 17.8 Å². The van der Waals surface area contributed by atoms with E-state index in [4.69, 9.17) is 14.8 Å². The number of carbonyl (C=O) groups excluding carboxylic acids is 2. The van der Waals surface area contributed by atoms with Gasteiger partial charge in [-0.05, 0) is 50.4 Å². The maximum absolute atomic E-state index is 11.8. The predicted octanol–water partition coefficient (Wildman–Crippen LogP) is 2.87. The number of amides is 1. The molecule has 8 heteroatoms. The number of nitrogens with one attached hydrogen (secondary N) is 1. The van der Waals surface area contributed by atoms with Crippen molar-refractivity contribution in [2.24, 2.45) is 16.5 Å². The first-order chi connectivity index (χ1) is 12.0. The topological polar surface area (TPSA) is 106 Å². The first-order valence-electron chi connectivity index (χ1n) is 8.98. The molecule has 8 nitrogen and oxygen atoms in total. The number of rotatable bonds is 9. The molecule has 0 spiro atoms. The van der Waals surface area contributed by atoms with Gasteiger partial charge in [0.2, 0.25) is 0 Å². The van der Waals surface area contributed by atoms with E-state index in [1.807, 2.05) is 0 Å². The molecule has 0 heterocycles. The van der Waals surface area contributed by atoms with E-state index >= 15 is 0 Å². The van der Waals surface area contributed by atoms with Gasteiger partial charge in [0, 0.05) is 6.54 Å². The number of nitrogens with zero attached hydrogens (tertiary/aromatic N) is 1. The standard InChI is InChI=1S/C17H28N2O6/c1-13(15(20)23-11-14-5-6-14)19-25-16(21)18-12-17(9-10-24-22)7-3-2-4-8-17/h14,22H,2-12H2,1H3,(H,18,21). The van der Waals surface area contributed by atoms with Gasteiger partial charge in [-0.25, -0.2) is 14.5 Å². The van der Waals surface area contributed by atoms with E-state index in [9.17, 15) is 9.59 Å². The summed E-state index contributed by atoms with van der Waals surface area (Å²) >= 11 is 0. The van der Waals surface area contributed by atoms with E-state index in [-0.39, 0.29) is 17.7 Å². The van der Waals surface area contributed by atoms with Crippen molar-refractivity contribution in [3.05, 3.63) is 0 Å². The summed E-state index contributed by atoms with van der Waals surface area (Å²) in [4.78, 5) is 32.4. The van der Waals surface area contributed by atoms with E-state index in [0.717, 1.165) is 38.5 Å². The quantitative estimate of drug-likeness (QED) is 0.216. The summed E-state index contributed by atoms with van der Waals surface area (Å²) in [5.41, 5.74) is -0.0843.